The SMILES string of the molecule is CC(C)(C)NC(=O)C(=O)NC(c1ccccc1)c1ccccc1. The van der Waals surface area contributed by atoms with E-state index in [9.17, 15) is 9.59 Å². The molecule has 0 fully saturated rings. The maximum absolute atomic E-state index is 12.3. The maximum atomic E-state index is 12.3. The number of rotatable bonds is 3. The zero-order valence-corrected chi connectivity index (χ0v) is 13.7. The first kappa shape index (κ1) is 16.7. The van der Waals surface area contributed by atoms with Crippen LogP contribution in [-0.4, -0.2) is 17.4 Å². The molecule has 0 aromatic heterocycles. The van der Waals surface area contributed by atoms with Crippen LogP contribution >= 0.6 is 0 Å². The highest BCUT2D eigenvalue weighted by Crippen LogP contribution is 2.21. The minimum Gasteiger partial charge on any atom is -0.343 e. The van der Waals surface area contributed by atoms with Crippen LogP contribution in [0.2, 0.25) is 0 Å². The lowest BCUT2D eigenvalue weighted by Gasteiger charge is -2.23. The fourth-order valence-electron chi connectivity index (χ4n) is 2.24. The van der Waals surface area contributed by atoms with Gasteiger partial charge in [-0.2, -0.15) is 0 Å². The summed E-state index contributed by atoms with van der Waals surface area (Å²) in [4.78, 5) is 24.3. The molecular formula is C19H22N2O2. The summed E-state index contributed by atoms with van der Waals surface area (Å²) in [6.45, 7) is 5.51. The van der Waals surface area contributed by atoms with Crippen LogP contribution in [0.5, 0.6) is 0 Å². The lowest BCUT2D eigenvalue weighted by molar-refractivity contribution is -0.140. The Morgan fingerprint density at radius 3 is 1.61 bits per heavy atom. The van der Waals surface area contributed by atoms with Crippen molar-refractivity contribution >= 4 is 11.8 Å². The molecule has 2 aromatic rings. The first-order valence-electron chi connectivity index (χ1n) is 7.60. The van der Waals surface area contributed by atoms with Crippen molar-refractivity contribution in [1.82, 2.24) is 10.6 Å². The topological polar surface area (TPSA) is 58.2 Å². The van der Waals surface area contributed by atoms with Gasteiger partial charge in [0.15, 0.2) is 0 Å². The molecule has 0 spiro atoms. The predicted molar refractivity (Wildman–Crippen MR) is 90.8 cm³/mol. The number of hydrogen-bond donors (Lipinski definition) is 2. The Morgan fingerprint density at radius 2 is 1.22 bits per heavy atom. The van der Waals surface area contributed by atoms with Crippen LogP contribution in [-0.2, 0) is 9.59 Å². The quantitative estimate of drug-likeness (QED) is 0.857. The number of carbonyl (C=O) groups is 2. The Hall–Kier alpha value is -2.62. The van der Waals surface area contributed by atoms with Crippen molar-refractivity contribution in [2.24, 2.45) is 0 Å². The first-order valence-corrected chi connectivity index (χ1v) is 7.60. The lowest BCUT2D eigenvalue weighted by Crippen LogP contribution is -2.48. The summed E-state index contributed by atoms with van der Waals surface area (Å²) in [5.74, 6) is -1.27. The summed E-state index contributed by atoms with van der Waals surface area (Å²) in [5.41, 5.74) is 1.40. The Labute approximate surface area is 136 Å². The lowest BCUT2D eigenvalue weighted by atomic mass is 9.98. The molecule has 120 valence electrons. The van der Waals surface area contributed by atoms with E-state index in [4.69, 9.17) is 0 Å². The third-order valence-corrected chi connectivity index (χ3v) is 3.24. The van der Waals surface area contributed by atoms with Crippen molar-refractivity contribution in [2.75, 3.05) is 0 Å². The molecule has 0 aliphatic carbocycles. The van der Waals surface area contributed by atoms with Gasteiger partial charge in [0.1, 0.15) is 0 Å². The van der Waals surface area contributed by atoms with Gasteiger partial charge < -0.3 is 10.6 Å². The highest BCUT2D eigenvalue weighted by molar-refractivity contribution is 6.35. The highest BCUT2D eigenvalue weighted by Gasteiger charge is 2.24. The summed E-state index contributed by atoms with van der Waals surface area (Å²) < 4.78 is 0. The van der Waals surface area contributed by atoms with Gasteiger partial charge in [-0.25, -0.2) is 0 Å². The van der Waals surface area contributed by atoms with Crippen molar-refractivity contribution < 1.29 is 9.59 Å². The van der Waals surface area contributed by atoms with Gasteiger partial charge in [-0.1, -0.05) is 60.7 Å². The molecule has 4 heteroatoms. The van der Waals surface area contributed by atoms with Crippen LogP contribution < -0.4 is 10.6 Å². The van der Waals surface area contributed by atoms with Crippen LogP contribution in [0.4, 0.5) is 0 Å². The number of hydrogen-bond acceptors (Lipinski definition) is 2. The molecule has 0 aliphatic rings. The standard InChI is InChI=1S/C19H22N2O2/c1-19(2,3)21-18(23)17(22)20-16(14-10-6-4-7-11-14)15-12-8-5-9-13-15/h4-13,16H,1-3H3,(H,20,22)(H,21,23). The van der Waals surface area contributed by atoms with E-state index in [0.717, 1.165) is 11.1 Å². The third-order valence-electron chi connectivity index (χ3n) is 3.24. The predicted octanol–water partition coefficient (Wildman–Crippen LogP) is 2.81. The molecule has 4 nitrogen and oxygen atoms in total. The summed E-state index contributed by atoms with van der Waals surface area (Å²) in [6, 6.07) is 18.8. The molecule has 0 saturated heterocycles. The van der Waals surface area contributed by atoms with Crippen molar-refractivity contribution in [2.45, 2.75) is 32.4 Å². The van der Waals surface area contributed by atoms with Gasteiger partial charge in [0.25, 0.3) is 0 Å². The van der Waals surface area contributed by atoms with E-state index in [1.165, 1.54) is 0 Å². The number of nitrogens with one attached hydrogen (secondary N) is 2. The zero-order chi connectivity index (χ0) is 16.9. The van der Waals surface area contributed by atoms with Gasteiger partial charge in [0.05, 0.1) is 6.04 Å². The molecular weight excluding hydrogens is 288 g/mol. The maximum Gasteiger partial charge on any atom is 0.310 e. The van der Waals surface area contributed by atoms with Crippen LogP contribution in [0.1, 0.15) is 37.9 Å². The fraction of sp³-hybridized carbons (Fsp3) is 0.263. The molecule has 0 unspecified atom stereocenters. The highest BCUT2D eigenvalue weighted by atomic mass is 16.2. The van der Waals surface area contributed by atoms with Crippen molar-refractivity contribution in [3.8, 4) is 0 Å². The van der Waals surface area contributed by atoms with Crippen LogP contribution in [0.15, 0.2) is 60.7 Å². The zero-order valence-electron chi connectivity index (χ0n) is 13.7. The normalized spacial score (nSPS) is 11.1. The van der Waals surface area contributed by atoms with Gasteiger partial charge in [0, 0.05) is 5.54 Å². The first-order chi connectivity index (χ1) is 10.9. The Balaban J connectivity index is 2.22. The van der Waals surface area contributed by atoms with E-state index in [-0.39, 0.29) is 6.04 Å². The molecule has 0 bridgehead atoms. The van der Waals surface area contributed by atoms with E-state index < -0.39 is 17.4 Å². The summed E-state index contributed by atoms with van der Waals surface area (Å²) >= 11 is 0. The number of amides is 2. The van der Waals surface area contributed by atoms with Crippen molar-refractivity contribution in [1.29, 1.82) is 0 Å². The minimum atomic E-state index is -0.641. The Morgan fingerprint density at radius 1 is 0.783 bits per heavy atom. The molecule has 0 atom stereocenters. The van der Waals surface area contributed by atoms with E-state index in [1.807, 2.05) is 81.4 Å². The molecule has 2 N–H and O–H groups in total. The molecule has 0 heterocycles. The molecule has 2 aromatic carbocycles. The fourth-order valence-corrected chi connectivity index (χ4v) is 2.24. The summed E-state index contributed by atoms with van der Waals surface area (Å²) in [6.07, 6.45) is 0. The molecule has 2 rings (SSSR count). The Kier molecular flexibility index (Phi) is 5.16. The van der Waals surface area contributed by atoms with Gasteiger partial charge in [-0.05, 0) is 31.9 Å². The second-order valence-electron chi connectivity index (χ2n) is 6.43. The van der Waals surface area contributed by atoms with E-state index in [1.54, 1.807) is 0 Å². The summed E-state index contributed by atoms with van der Waals surface area (Å²) in [7, 11) is 0. The van der Waals surface area contributed by atoms with Gasteiger partial charge in [0.2, 0.25) is 0 Å². The molecule has 0 radical (unpaired) electrons. The summed E-state index contributed by atoms with van der Waals surface area (Å²) in [5, 5.41) is 5.50. The van der Waals surface area contributed by atoms with E-state index >= 15 is 0 Å². The van der Waals surface area contributed by atoms with Crippen LogP contribution in [0.25, 0.3) is 0 Å². The largest absolute Gasteiger partial charge is 0.343 e. The average molecular weight is 310 g/mol. The molecule has 0 aliphatic heterocycles. The average Bonchev–Trinajstić information content (AvgIpc) is 2.52. The smallest absolute Gasteiger partial charge is 0.310 e. The molecule has 23 heavy (non-hydrogen) atoms. The molecule has 2 amide bonds. The van der Waals surface area contributed by atoms with E-state index in [0.29, 0.717) is 0 Å². The number of carbonyl (C=O) groups excluding carboxylic acids is 2. The second kappa shape index (κ2) is 7.09. The van der Waals surface area contributed by atoms with Gasteiger partial charge >= 0.3 is 11.8 Å². The van der Waals surface area contributed by atoms with Crippen LogP contribution in [0, 0.1) is 0 Å². The molecule has 0 saturated carbocycles. The van der Waals surface area contributed by atoms with Crippen molar-refractivity contribution in [3.05, 3.63) is 71.8 Å². The van der Waals surface area contributed by atoms with Gasteiger partial charge in [-0.15, -0.1) is 0 Å². The minimum absolute atomic E-state index is 0.365. The number of benzene rings is 2. The van der Waals surface area contributed by atoms with E-state index in [2.05, 4.69) is 10.6 Å². The van der Waals surface area contributed by atoms with Crippen molar-refractivity contribution in [3.63, 3.8) is 0 Å². The van der Waals surface area contributed by atoms with Crippen LogP contribution in [0.3, 0.4) is 0 Å². The van der Waals surface area contributed by atoms with Gasteiger partial charge in [-0.3, -0.25) is 9.59 Å². The monoisotopic (exact) mass is 310 g/mol. The Bertz CT molecular complexity index is 621. The second-order valence-corrected chi connectivity index (χ2v) is 6.43. The third kappa shape index (κ3) is 4.95.